The first-order chi connectivity index (χ1) is 6.49. The van der Waals surface area contributed by atoms with E-state index < -0.39 is 6.04 Å². The van der Waals surface area contributed by atoms with Crippen molar-refractivity contribution in [3.63, 3.8) is 0 Å². The Balaban J connectivity index is 2.80. The number of carbonyl (C=O) groups excluding carboxylic acids is 2. The summed E-state index contributed by atoms with van der Waals surface area (Å²) in [5, 5.41) is 2.65. The molecule has 1 aliphatic heterocycles. The van der Waals surface area contributed by atoms with Crippen LogP contribution in [0.1, 0.15) is 20.8 Å². The van der Waals surface area contributed by atoms with Gasteiger partial charge in [-0.1, -0.05) is 13.8 Å². The maximum Gasteiger partial charge on any atom is 0.325 e. The molecule has 0 bridgehead atoms. The third-order valence-corrected chi connectivity index (χ3v) is 2.45. The SMILES string of the molecule is CC(C)C1NC(=O)N(C(C)CN)C1=O. The number of urea groups is 1. The molecule has 3 amide bonds. The van der Waals surface area contributed by atoms with Gasteiger partial charge >= 0.3 is 6.03 Å². The fourth-order valence-electron chi connectivity index (χ4n) is 1.49. The van der Waals surface area contributed by atoms with Gasteiger partial charge in [-0.05, 0) is 12.8 Å². The molecule has 0 radical (unpaired) electrons. The van der Waals surface area contributed by atoms with Gasteiger partial charge in [-0.15, -0.1) is 0 Å². The molecule has 0 aromatic rings. The summed E-state index contributed by atoms with van der Waals surface area (Å²) in [6, 6.07) is -0.950. The minimum absolute atomic E-state index is 0.112. The second-order valence-corrected chi connectivity index (χ2v) is 3.96. The smallest absolute Gasteiger partial charge is 0.325 e. The number of nitrogens with two attached hydrogens (primary N) is 1. The molecule has 1 heterocycles. The fraction of sp³-hybridized carbons (Fsp3) is 0.778. The zero-order chi connectivity index (χ0) is 10.9. The van der Waals surface area contributed by atoms with Crippen LogP contribution < -0.4 is 11.1 Å². The largest absolute Gasteiger partial charge is 0.328 e. The van der Waals surface area contributed by atoms with E-state index in [1.807, 2.05) is 13.8 Å². The number of imide groups is 1. The van der Waals surface area contributed by atoms with Crippen LogP contribution in [0.3, 0.4) is 0 Å². The molecular formula is C9H17N3O2. The average molecular weight is 199 g/mol. The summed E-state index contributed by atoms with van der Waals surface area (Å²) in [7, 11) is 0. The molecule has 1 aliphatic rings. The summed E-state index contributed by atoms with van der Waals surface area (Å²) >= 11 is 0. The molecule has 0 aliphatic carbocycles. The molecule has 5 heteroatoms. The summed E-state index contributed by atoms with van der Waals surface area (Å²) in [6.07, 6.45) is 0. The van der Waals surface area contributed by atoms with Crippen LogP contribution in [0.25, 0.3) is 0 Å². The number of rotatable bonds is 3. The molecule has 1 saturated heterocycles. The summed E-state index contributed by atoms with van der Waals surface area (Å²) in [5.41, 5.74) is 5.42. The molecule has 0 aromatic heterocycles. The van der Waals surface area contributed by atoms with Crippen molar-refractivity contribution in [3.05, 3.63) is 0 Å². The van der Waals surface area contributed by atoms with Crippen molar-refractivity contribution in [2.45, 2.75) is 32.9 Å². The number of nitrogens with one attached hydrogen (secondary N) is 1. The average Bonchev–Trinajstić information content (AvgIpc) is 2.41. The van der Waals surface area contributed by atoms with E-state index >= 15 is 0 Å². The van der Waals surface area contributed by atoms with Gasteiger partial charge < -0.3 is 11.1 Å². The summed E-state index contributed by atoms with van der Waals surface area (Å²) < 4.78 is 0. The Morgan fingerprint density at radius 3 is 2.36 bits per heavy atom. The predicted octanol–water partition coefficient (Wildman–Crippen LogP) is -0.0900. The van der Waals surface area contributed by atoms with E-state index in [-0.39, 0.29) is 23.9 Å². The van der Waals surface area contributed by atoms with E-state index in [0.29, 0.717) is 6.54 Å². The van der Waals surface area contributed by atoms with E-state index in [0.717, 1.165) is 0 Å². The molecule has 2 atom stereocenters. The van der Waals surface area contributed by atoms with Gasteiger partial charge in [-0.3, -0.25) is 9.69 Å². The summed E-state index contributed by atoms with van der Waals surface area (Å²) in [5.74, 6) is -0.0515. The molecule has 0 saturated carbocycles. The van der Waals surface area contributed by atoms with Gasteiger partial charge in [0.1, 0.15) is 6.04 Å². The molecule has 0 aromatic carbocycles. The number of hydrogen-bond acceptors (Lipinski definition) is 3. The van der Waals surface area contributed by atoms with Gasteiger partial charge in [0.15, 0.2) is 0 Å². The molecule has 80 valence electrons. The Morgan fingerprint density at radius 2 is 2.00 bits per heavy atom. The Labute approximate surface area is 83.6 Å². The zero-order valence-electron chi connectivity index (χ0n) is 8.78. The predicted molar refractivity (Wildman–Crippen MR) is 52.5 cm³/mol. The van der Waals surface area contributed by atoms with Crippen LogP contribution in [0, 0.1) is 5.92 Å². The van der Waals surface area contributed by atoms with E-state index in [1.165, 1.54) is 4.90 Å². The third kappa shape index (κ3) is 1.72. The van der Waals surface area contributed by atoms with Crippen molar-refractivity contribution in [2.75, 3.05) is 6.54 Å². The van der Waals surface area contributed by atoms with Crippen molar-refractivity contribution in [1.29, 1.82) is 0 Å². The van der Waals surface area contributed by atoms with E-state index in [9.17, 15) is 9.59 Å². The van der Waals surface area contributed by atoms with E-state index in [1.54, 1.807) is 6.92 Å². The number of nitrogens with zero attached hydrogens (tertiary/aromatic N) is 1. The minimum atomic E-state index is -0.392. The van der Waals surface area contributed by atoms with Crippen molar-refractivity contribution >= 4 is 11.9 Å². The van der Waals surface area contributed by atoms with Gasteiger partial charge in [0.05, 0.1) is 6.04 Å². The van der Waals surface area contributed by atoms with Gasteiger partial charge in [0.25, 0.3) is 5.91 Å². The van der Waals surface area contributed by atoms with Crippen molar-refractivity contribution < 1.29 is 9.59 Å². The van der Waals surface area contributed by atoms with Crippen molar-refractivity contribution in [1.82, 2.24) is 10.2 Å². The molecule has 1 rings (SSSR count). The summed E-state index contributed by atoms with van der Waals surface area (Å²) in [6.45, 7) is 5.86. The molecule has 2 unspecified atom stereocenters. The lowest BCUT2D eigenvalue weighted by atomic mass is 10.0. The van der Waals surface area contributed by atoms with Crippen LogP contribution in [-0.2, 0) is 4.79 Å². The first-order valence-corrected chi connectivity index (χ1v) is 4.82. The number of amides is 3. The minimum Gasteiger partial charge on any atom is -0.328 e. The van der Waals surface area contributed by atoms with Crippen LogP contribution in [-0.4, -0.2) is 35.5 Å². The van der Waals surface area contributed by atoms with Crippen LogP contribution in [0.5, 0.6) is 0 Å². The first kappa shape index (κ1) is 11.0. The monoisotopic (exact) mass is 199 g/mol. The molecule has 1 fully saturated rings. The fourth-order valence-corrected chi connectivity index (χ4v) is 1.49. The highest BCUT2D eigenvalue weighted by atomic mass is 16.2. The lowest BCUT2D eigenvalue weighted by molar-refractivity contribution is -0.129. The zero-order valence-corrected chi connectivity index (χ0v) is 8.78. The number of carbonyl (C=O) groups is 2. The lowest BCUT2D eigenvalue weighted by Gasteiger charge is -2.20. The van der Waals surface area contributed by atoms with Crippen LogP contribution in [0.2, 0.25) is 0 Å². The highest BCUT2D eigenvalue weighted by molar-refractivity contribution is 6.04. The first-order valence-electron chi connectivity index (χ1n) is 4.82. The third-order valence-electron chi connectivity index (χ3n) is 2.45. The van der Waals surface area contributed by atoms with Crippen LogP contribution >= 0.6 is 0 Å². The molecular weight excluding hydrogens is 182 g/mol. The second kappa shape index (κ2) is 3.96. The van der Waals surface area contributed by atoms with E-state index in [4.69, 9.17) is 5.73 Å². The van der Waals surface area contributed by atoms with Crippen LogP contribution in [0.4, 0.5) is 4.79 Å². The number of hydrogen-bond donors (Lipinski definition) is 2. The standard InChI is InChI=1S/C9H17N3O2/c1-5(2)7-8(13)12(6(3)4-10)9(14)11-7/h5-7H,4,10H2,1-3H3,(H,11,14). The van der Waals surface area contributed by atoms with Crippen molar-refractivity contribution in [3.8, 4) is 0 Å². The van der Waals surface area contributed by atoms with E-state index in [2.05, 4.69) is 5.32 Å². The Hall–Kier alpha value is -1.10. The molecule has 0 spiro atoms. The highest BCUT2D eigenvalue weighted by Crippen LogP contribution is 2.15. The topological polar surface area (TPSA) is 75.4 Å². The molecule has 14 heavy (non-hydrogen) atoms. The summed E-state index contributed by atoms with van der Waals surface area (Å²) in [4.78, 5) is 24.4. The van der Waals surface area contributed by atoms with Gasteiger partial charge in [0.2, 0.25) is 0 Å². The maximum atomic E-state index is 11.7. The lowest BCUT2D eigenvalue weighted by Crippen LogP contribution is -2.43. The van der Waals surface area contributed by atoms with Crippen LogP contribution in [0.15, 0.2) is 0 Å². The van der Waals surface area contributed by atoms with Gasteiger partial charge in [0, 0.05) is 6.54 Å². The molecule has 5 nitrogen and oxygen atoms in total. The van der Waals surface area contributed by atoms with Crippen molar-refractivity contribution in [2.24, 2.45) is 11.7 Å². The van der Waals surface area contributed by atoms with Gasteiger partial charge in [-0.25, -0.2) is 4.79 Å². The Kier molecular flexibility index (Phi) is 3.10. The Morgan fingerprint density at radius 1 is 1.43 bits per heavy atom. The normalized spacial score (nSPS) is 24.4. The van der Waals surface area contributed by atoms with Gasteiger partial charge in [-0.2, -0.15) is 0 Å². The Bertz CT molecular complexity index is 252. The second-order valence-electron chi connectivity index (χ2n) is 3.96. The highest BCUT2D eigenvalue weighted by Gasteiger charge is 2.41. The molecule has 3 N–H and O–H groups in total. The quantitative estimate of drug-likeness (QED) is 0.624. The maximum absolute atomic E-state index is 11.7.